The molecule has 2 rings (SSSR count). The maximum Gasteiger partial charge on any atom is 0.331 e. The third-order valence-corrected chi connectivity index (χ3v) is 3.60. The van der Waals surface area contributed by atoms with Crippen LogP contribution in [0.3, 0.4) is 0 Å². The number of aliphatic carboxylic acids is 1. The van der Waals surface area contributed by atoms with E-state index in [1.807, 2.05) is 0 Å². The normalized spacial score (nSPS) is 14.7. The van der Waals surface area contributed by atoms with Crippen molar-refractivity contribution in [2.24, 2.45) is 0 Å². The van der Waals surface area contributed by atoms with Crippen molar-refractivity contribution in [1.29, 1.82) is 0 Å². The van der Waals surface area contributed by atoms with E-state index in [0.29, 0.717) is 17.5 Å². The molecule has 104 valence electrons. The molecule has 0 spiro atoms. The van der Waals surface area contributed by atoms with Crippen LogP contribution >= 0.6 is 15.9 Å². The zero-order chi connectivity index (χ0) is 14.9. The van der Waals surface area contributed by atoms with E-state index in [1.54, 1.807) is 25.1 Å². The molecule has 1 aromatic rings. The quantitative estimate of drug-likeness (QED) is 0.676. The standard InChI is InChI=1S/C14H12BrNO4/c1-2-8(14(19)20)5-6-16-12(17)10-4-3-9(15)7-11(10)13(16)18/h3-5,7H,2,6H2,1H3,(H,19,20)/b8-5-. The van der Waals surface area contributed by atoms with Gasteiger partial charge in [-0.3, -0.25) is 14.5 Å². The van der Waals surface area contributed by atoms with Crippen molar-refractivity contribution < 1.29 is 19.5 Å². The lowest BCUT2D eigenvalue weighted by molar-refractivity contribution is -0.132. The predicted octanol–water partition coefficient (Wildman–Crippen LogP) is 2.47. The highest BCUT2D eigenvalue weighted by atomic mass is 79.9. The molecule has 0 bridgehead atoms. The Morgan fingerprint density at radius 2 is 1.95 bits per heavy atom. The second-order valence-corrected chi connectivity index (χ2v) is 5.21. The highest BCUT2D eigenvalue weighted by Crippen LogP contribution is 2.26. The van der Waals surface area contributed by atoms with Crippen molar-refractivity contribution in [2.45, 2.75) is 13.3 Å². The van der Waals surface area contributed by atoms with Gasteiger partial charge in [-0.2, -0.15) is 0 Å². The SMILES string of the molecule is CC/C(=C/CN1C(=O)c2ccc(Br)cc2C1=O)C(=O)O. The van der Waals surface area contributed by atoms with Gasteiger partial charge in [0.15, 0.2) is 0 Å². The fraction of sp³-hybridized carbons (Fsp3) is 0.214. The molecule has 0 atom stereocenters. The maximum absolute atomic E-state index is 12.1. The summed E-state index contributed by atoms with van der Waals surface area (Å²) in [6.45, 7) is 1.68. The van der Waals surface area contributed by atoms with E-state index >= 15 is 0 Å². The molecule has 0 saturated carbocycles. The number of fused-ring (bicyclic) bond motifs is 1. The number of rotatable bonds is 4. The number of nitrogens with zero attached hydrogens (tertiary/aromatic N) is 1. The summed E-state index contributed by atoms with van der Waals surface area (Å²) in [5, 5.41) is 8.93. The average Bonchev–Trinajstić information content (AvgIpc) is 2.63. The number of carboxylic acids is 1. The highest BCUT2D eigenvalue weighted by Gasteiger charge is 2.34. The second kappa shape index (κ2) is 5.58. The van der Waals surface area contributed by atoms with Crippen LogP contribution in [0.25, 0.3) is 0 Å². The molecule has 0 unspecified atom stereocenters. The van der Waals surface area contributed by atoms with E-state index in [1.165, 1.54) is 6.08 Å². The molecule has 1 aliphatic heterocycles. The molecule has 1 aliphatic rings. The lowest BCUT2D eigenvalue weighted by Crippen LogP contribution is -2.30. The molecule has 0 radical (unpaired) electrons. The van der Waals surface area contributed by atoms with Gasteiger partial charge in [-0.05, 0) is 24.6 Å². The Labute approximate surface area is 124 Å². The van der Waals surface area contributed by atoms with Gasteiger partial charge in [0.1, 0.15) is 0 Å². The second-order valence-electron chi connectivity index (χ2n) is 4.30. The van der Waals surface area contributed by atoms with Gasteiger partial charge < -0.3 is 5.11 Å². The number of carboxylic acid groups (broad SMARTS) is 1. The van der Waals surface area contributed by atoms with Gasteiger partial charge in [0, 0.05) is 16.6 Å². The molecule has 5 nitrogen and oxygen atoms in total. The molecule has 1 N–H and O–H groups in total. The largest absolute Gasteiger partial charge is 0.478 e. The van der Waals surface area contributed by atoms with Crippen molar-refractivity contribution in [2.75, 3.05) is 6.54 Å². The molecular formula is C14H12BrNO4. The summed E-state index contributed by atoms with van der Waals surface area (Å²) in [4.78, 5) is 36.2. The van der Waals surface area contributed by atoms with Crippen molar-refractivity contribution in [3.8, 4) is 0 Å². The number of imide groups is 1. The third-order valence-electron chi connectivity index (χ3n) is 3.11. The monoisotopic (exact) mass is 337 g/mol. The lowest BCUT2D eigenvalue weighted by atomic mass is 10.1. The first-order valence-corrected chi connectivity index (χ1v) is 6.83. The van der Waals surface area contributed by atoms with Crippen LogP contribution in [0.1, 0.15) is 34.1 Å². The fourth-order valence-electron chi connectivity index (χ4n) is 2.01. The van der Waals surface area contributed by atoms with Gasteiger partial charge in [0.25, 0.3) is 11.8 Å². The zero-order valence-corrected chi connectivity index (χ0v) is 12.3. The van der Waals surface area contributed by atoms with Crippen LogP contribution in [0.15, 0.2) is 34.3 Å². The summed E-state index contributed by atoms with van der Waals surface area (Å²) in [7, 11) is 0. The molecule has 1 heterocycles. The minimum absolute atomic E-state index is 0.0283. The Morgan fingerprint density at radius 1 is 1.30 bits per heavy atom. The van der Waals surface area contributed by atoms with Gasteiger partial charge in [0.05, 0.1) is 11.1 Å². The summed E-state index contributed by atoms with van der Waals surface area (Å²) in [6, 6.07) is 4.87. The van der Waals surface area contributed by atoms with E-state index in [-0.39, 0.29) is 12.1 Å². The average molecular weight is 338 g/mol. The molecule has 0 saturated heterocycles. The van der Waals surface area contributed by atoms with Gasteiger partial charge in [-0.1, -0.05) is 28.9 Å². The Hall–Kier alpha value is -1.95. The minimum Gasteiger partial charge on any atom is -0.478 e. The van der Waals surface area contributed by atoms with Gasteiger partial charge in [0.2, 0.25) is 0 Å². The Kier molecular flexibility index (Phi) is 4.04. The first-order chi connectivity index (χ1) is 9.45. The molecule has 6 heteroatoms. The van der Waals surface area contributed by atoms with E-state index in [0.717, 1.165) is 9.37 Å². The van der Waals surface area contributed by atoms with Crippen molar-refractivity contribution in [3.05, 3.63) is 45.4 Å². The Morgan fingerprint density at radius 3 is 2.55 bits per heavy atom. The lowest BCUT2D eigenvalue weighted by Gasteiger charge is -2.11. The van der Waals surface area contributed by atoms with Gasteiger partial charge >= 0.3 is 5.97 Å². The maximum atomic E-state index is 12.1. The van der Waals surface area contributed by atoms with Crippen LogP contribution < -0.4 is 0 Å². The first kappa shape index (κ1) is 14.5. The summed E-state index contributed by atoms with van der Waals surface area (Å²) in [6.07, 6.45) is 1.74. The number of carbonyl (C=O) groups is 3. The van der Waals surface area contributed by atoms with Crippen molar-refractivity contribution in [3.63, 3.8) is 0 Å². The number of halogens is 1. The van der Waals surface area contributed by atoms with Gasteiger partial charge in [-0.15, -0.1) is 0 Å². The van der Waals surface area contributed by atoms with E-state index in [9.17, 15) is 14.4 Å². The third kappa shape index (κ3) is 2.51. The van der Waals surface area contributed by atoms with Crippen LogP contribution in [0.2, 0.25) is 0 Å². The molecule has 2 amide bonds. The molecule has 0 aromatic heterocycles. The molecule has 20 heavy (non-hydrogen) atoms. The fourth-order valence-corrected chi connectivity index (χ4v) is 2.37. The summed E-state index contributed by atoms with van der Waals surface area (Å²) < 4.78 is 0.717. The van der Waals surface area contributed by atoms with Crippen LogP contribution in [0, 0.1) is 0 Å². The first-order valence-electron chi connectivity index (χ1n) is 6.03. The van der Waals surface area contributed by atoms with Crippen molar-refractivity contribution >= 4 is 33.7 Å². The van der Waals surface area contributed by atoms with Crippen molar-refractivity contribution in [1.82, 2.24) is 4.90 Å². The zero-order valence-electron chi connectivity index (χ0n) is 10.7. The minimum atomic E-state index is -1.04. The predicted molar refractivity (Wildman–Crippen MR) is 75.5 cm³/mol. The molecule has 0 fully saturated rings. The summed E-state index contributed by atoms with van der Waals surface area (Å²) in [5.74, 6) is -1.83. The smallest absolute Gasteiger partial charge is 0.331 e. The highest BCUT2D eigenvalue weighted by molar-refractivity contribution is 9.10. The number of hydrogen-bond acceptors (Lipinski definition) is 3. The topological polar surface area (TPSA) is 74.7 Å². The van der Waals surface area contributed by atoms with Gasteiger partial charge in [-0.25, -0.2) is 4.79 Å². The van der Waals surface area contributed by atoms with Crippen LogP contribution in [0.4, 0.5) is 0 Å². The number of amides is 2. The Bertz CT molecular complexity index is 636. The molecule has 1 aromatic carbocycles. The van der Waals surface area contributed by atoms with E-state index in [4.69, 9.17) is 5.11 Å². The van der Waals surface area contributed by atoms with E-state index in [2.05, 4.69) is 15.9 Å². The van der Waals surface area contributed by atoms with Crippen LogP contribution in [-0.4, -0.2) is 34.3 Å². The van der Waals surface area contributed by atoms with E-state index < -0.39 is 17.8 Å². The number of carbonyl (C=O) groups excluding carboxylic acids is 2. The van der Waals surface area contributed by atoms with Crippen LogP contribution in [-0.2, 0) is 4.79 Å². The summed E-state index contributed by atoms with van der Waals surface area (Å²) in [5.41, 5.74) is 0.869. The molecule has 0 aliphatic carbocycles. The van der Waals surface area contributed by atoms with Crippen LogP contribution in [0.5, 0.6) is 0 Å². The molecular weight excluding hydrogens is 326 g/mol. The summed E-state index contributed by atoms with van der Waals surface area (Å²) >= 11 is 3.25. The number of hydrogen-bond donors (Lipinski definition) is 1. The number of benzene rings is 1. The Balaban J connectivity index is 2.27.